The van der Waals surface area contributed by atoms with Gasteiger partial charge in [0.2, 0.25) is 0 Å². The second-order valence-corrected chi connectivity index (χ2v) is 5.35. The van der Waals surface area contributed by atoms with E-state index in [-0.39, 0.29) is 12.5 Å². The highest BCUT2D eigenvalue weighted by Gasteiger charge is 2.19. The summed E-state index contributed by atoms with van der Waals surface area (Å²) >= 11 is 0. The average molecular weight is 283 g/mol. The molecule has 0 aromatic carbocycles. The number of aromatic nitrogens is 2. The van der Waals surface area contributed by atoms with E-state index >= 15 is 0 Å². The van der Waals surface area contributed by atoms with Crippen molar-refractivity contribution in [2.24, 2.45) is 0 Å². The topological polar surface area (TPSA) is 82.5 Å². The number of rotatable bonds is 4. The first kappa shape index (κ1) is 16.0. The Hall–Kier alpha value is -2.05. The van der Waals surface area contributed by atoms with Gasteiger partial charge >= 0.3 is 12.1 Å². The van der Waals surface area contributed by atoms with Crippen LogP contribution in [0.2, 0.25) is 0 Å². The molecule has 0 radical (unpaired) electrons. The Kier molecular flexibility index (Phi) is 5.12. The Labute approximate surface area is 118 Å². The molecule has 1 rings (SSSR count). The van der Waals surface area contributed by atoms with Gasteiger partial charge in [-0.2, -0.15) is 0 Å². The largest absolute Gasteiger partial charge is 0.467 e. The fraction of sp³-hybridized carbons (Fsp3) is 0.615. The Morgan fingerprint density at radius 1 is 1.45 bits per heavy atom. The average Bonchev–Trinajstić information content (AvgIpc) is 2.80. The van der Waals surface area contributed by atoms with E-state index in [1.807, 2.05) is 0 Å². The van der Waals surface area contributed by atoms with Crippen molar-refractivity contribution >= 4 is 12.1 Å². The highest BCUT2D eigenvalue weighted by atomic mass is 16.6. The predicted molar refractivity (Wildman–Crippen MR) is 72.0 cm³/mol. The maximum absolute atomic E-state index is 11.6. The van der Waals surface area contributed by atoms with Gasteiger partial charge in [-0.25, -0.2) is 14.6 Å². The second-order valence-electron chi connectivity index (χ2n) is 5.35. The number of carbonyl (C=O) groups is 2. The minimum atomic E-state index is -0.552. The summed E-state index contributed by atoms with van der Waals surface area (Å²) in [6, 6.07) is -0.502. The van der Waals surface area contributed by atoms with Crippen LogP contribution in [0, 0.1) is 0 Å². The molecular weight excluding hydrogens is 262 g/mol. The van der Waals surface area contributed by atoms with Crippen LogP contribution in [-0.4, -0.2) is 34.3 Å². The van der Waals surface area contributed by atoms with Crippen LogP contribution in [-0.2, 0) is 20.8 Å². The highest BCUT2D eigenvalue weighted by molar-refractivity contribution is 5.73. The number of nitrogens with zero attached hydrogens (tertiary/aromatic N) is 2. The van der Waals surface area contributed by atoms with E-state index in [0.717, 1.165) is 0 Å². The molecule has 1 aromatic rings. The summed E-state index contributed by atoms with van der Waals surface area (Å²) in [7, 11) is 1.33. The molecule has 0 fully saturated rings. The molecule has 0 saturated carbocycles. The SMILES string of the molecule is COC(=O)C(C)n1cncc1CNC(=O)OC(C)(C)C. The molecule has 0 aliphatic carbocycles. The number of methoxy groups -OCH3 is 1. The zero-order valence-corrected chi connectivity index (χ0v) is 12.5. The van der Waals surface area contributed by atoms with Crippen LogP contribution in [0.3, 0.4) is 0 Å². The molecule has 7 nitrogen and oxygen atoms in total. The normalized spacial score (nSPS) is 12.7. The third kappa shape index (κ3) is 4.56. The molecule has 0 spiro atoms. The quantitative estimate of drug-likeness (QED) is 0.849. The molecule has 20 heavy (non-hydrogen) atoms. The first-order chi connectivity index (χ1) is 9.24. The van der Waals surface area contributed by atoms with Crippen LogP contribution in [0.25, 0.3) is 0 Å². The van der Waals surface area contributed by atoms with Gasteiger partial charge in [0.1, 0.15) is 11.6 Å². The minimum absolute atomic E-state index is 0.218. The van der Waals surface area contributed by atoms with Crippen molar-refractivity contribution < 1.29 is 19.1 Å². The second kappa shape index (κ2) is 6.40. The number of carbonyl (C=O) groups excluding carboxylic acids is 2. The van der Waals surface area contributed by atoms with Crippen molar-refractivity contribution in [3.05, 3.63) is 18.2 Å². The van der Waals surface area contributed by atoms with Crippen molar-refractivity contribution in [2.45, 2.75) is 45.9 Å². The Bertz CT molecular complexity index is 476. The van der Waals surface area contributed by atoms with Gasteiger partial charge in [-0.05, 0) is 27.7 Å². The van der Waals surface area contributed by atoms with Crippen LogP contribution in [0.5, 0.6) is 0 Å². The van der Waals surface area contributed by atoms with Crippen LogP contribution < -0.4 is 5.32 Å². The summed E-state index contributed by atoms with van der Waals surface area (Å²) < 4.78 is 11.5. The molecule has 1 amide bonds. The third-order valence-electron chi connectivity index (χ3n) is 2.52. The Morgan fingerprint density at radius 2 is 2.10 bits per heavy atom. The first-order valence-electron chi connectivity index (χ1n) is 6.30. The van der Waals surface area contributed by atoms with E-state index in [9.17, 15) is 9.59 Å². The van der Waals surface area contributed by atoms with E-state index in [4.69, 9.17) is 4.74 Å². The molecule has 1 aromatic heterocycles. The number of hydrogen-bond acceptors (Lipinski definition) is 5. The number of ether oxygens (including phenoxy) is 2. The van der Waals surface area contributed by atoms with Gasteiger partial charge in [0.15, 0.2) is 0 Å². The molecule has 7 heteroatoms. The van der Waals surface area contributed by atoms with Gasteiger partial charge in [0.25, 0.3) is 0 Å². The first-order valence-corrected chi connectivity index (χ1v) is 6.30. The molecule has 0 aliphatic rings. The lowest BCUT2D eigenvalue weighted by Gasteiger charge is -2.20. The molecular formula is C13H21N3O4. The van der Waals surface area contributed by atoms with Crippen molar-refractivity contribution in [1.82, 2.24) is 14.9 Å². The number of hydrogen-bond donors (Lipinski definition) is 1. The third-order valence-corrected chi connectivity index (χ3v) is 2.52. The zero-order chi connectivity index (χ0) is 15.3. The summed E-state index contributed by atoms with van der Waals surface area (Å²) in [4.78, 5) is 27.1. The number of esters is 1. The highest BCUT2D eigenvalue weighted by Crippen LogP contribution is 2.12. The lowest BCUT2D eigenvalue weighted by atomic mass is 10.2. The molecule has 112 valence electrons. The molecule has 1 atom stereocenters. The molecule has 0 bridgehead atoms. The summed E-state index contributed by atoms with van der Waals surface area (Å²) in [5, 5.41) is 2.62. The van der Waals surface area contributed by atoms with Gasteiger partial charge < -0.3 is 19.4 Å². The predicted octanol–water partition coefficient (Wildman–Crippen LogP) is 1.64. The summed E-state index contributed by atoms with van der Waals surface area (Å²) in [6.45, 7) is 7.28. The fourth-order valence-electron chi connectivity index (χ4n) is 1.58. The van der Waals surface area contributed by atoms with E-state index in [0.29, 0.717) is 5.69 Å². The van der Waals surface area contributed by atoms with Gasteiger partial charge in [-0.15, -0.1) is 0 Å². The van der Waals surface area contributed by atoms with Crippen molar-refractivity contribution in [2.75, 3.05) is 7.11 Å². The molecule has 0 aliphatic heterocycles. The summed E-state index contributed by atoms with van der Waals surface area (Å²) in [5.41, 5.74) is 0.137. The standard InChI is InChI=1S/C13H21N3O4/c1-9(11(17)19-5)16-8-14-6-10(16)7-15-12(18)20-13(2,3)4/h6,8-9H,7H2,1-5H3,(H,15,18). The van der Waals surface area contributed by atoms with Crippen LogP contribution in [0.15, 0.2) is 12.5 Å². The lowest BCUT2D eigenvalue weighted by Crippen LogP contribution is -2.33. The van der Waals surface area contributed by atoms with Gasteiger partial charge in [0.05, 0.1) is 25.7 Å². The molecule has 1 N–H and O–H groups in total. The maximum Gasteiger partial charge on any atom is 0.407 e. The Balaban J connectivity index is 2.64. The molecule has 0 saturated heterocycles. The summed E-state index contributed by atoms with van der Waals surface area (Å²) in [5.74, 6) is -0.374. The van der Waals surface area contributed by atoms with E-state index in [1.165, 1.54) is 13.4 Å². The van der Waals surface area contributed by atoms with Crippen LogP contribution in [0.4, 0.5) is 4.79 Å². The van der Waals surface area contributed by atoms with Crippen molar-refractivity contribution in [3.8, 4) is 0 Å². The lowest BCUT2D eigenvalue weighted by molar-refractivity contribution is -0.144. The Morgan fingerprint density at radius 3 is 2.65 bits per heavy atom. The smallest absolute Gasteiger partial charge is 0.407 e. The number of imidazole rings is 1. The zero-order valence-electron chi connectivity index (χ0n) is 12.5. The monoisotopic (exact) mass is 283 g/mol. The summed E-state index contributed by atoms with van der Waals surface area (Å²) in [6.07, 6.45) is 2.58. The van der Waals surface area contributed by atoms with E-state index in [2.05, 4.69) is 15.0 Å². The van der Waals surface area contributed by atoms with Crippen LogP contribution >= 0.6 is 0 Å². The molecule has 1 unspecified atom stereocenters. The fourth-order valence-corrected chi connectivity index (χ4v) is 1.58. The maximum atomic E-state index is 11.6. The van der Waals surface area contributed by atoms with Gasteiger partial charge in [0, 0.05) is 6.20 Å². The number of nitrogens with one attached hydrogen (secondary N) is 1. The molecule has 1 heterocycles. The van der Waals surface area contributed by atoms with E-state index in [1.54, 1.807) is 38.5 Å². The van der Waals surface area contributed by atoms with Gasteiger partial charge in [-0.1, -0.05) is 0 Å². The number of alkyl carbamates (subject to hydrolysis) is 1. The number of amides is 1. The van der Waals surface area contributed by atoms with Crippen molar-refractivity contribution in [1.29, 1.82) is 0 Å². The van der Waals surface area contributed by atoms with Crippen LogP contribution in [0.1, 0.15) is 39.4 Å². The van der Waals surface area contributed by atoms with E-state index < -0.39 is 17.7 Å². The van der Waals surface area contributed by atoms with Crippen molar-refractivity contribution in [3.63, 3.8) is 0 Å². The van der Waals surface area contributed by atoms with Gasteiger partial charge in [-0.3, -0.25) is 0 Å². The minimum Gasteiger partial charge on any atom is -0.467 e.